The van der Waals surface area contributed by atoms with E-state index in [4.69, 9.17) is 5.26 Å². The van der Waals surface area contributed by atoms with Gasteiger partial charge in [-0.15, -0.1) is 5.10 Å². The maximum Gasteiger partial charge on any atom is 0.247 e. The van der Waals surface area contributed by atoms with Crippen molar-refractivity contribution in [1.29, 1.82) is 5.26 Å². The van der Waals surface area contributed by atoms with Crippen LogP contribution in [-0.4, -0.2) is 28.3 Å². The third-order valence-electron chi connectivity index (χ3n) is 3.70. The molecule has 1 fully saturated rings. The molecule has 1 aliphatic rings. The summed E-state index contributed by atoms with van der Waals surface area (Å²) in [6, 6.07) is 9.42. The van der Waals surface area contributed by atoms with E-state index in [0.717, 1.165) is 18.8 Å². The summed E-state index contributed by atoms with van der Waals surface area (Å²) in [5.41, 5.74) is 1.43. The van der Waals surface area contributed by atoms with Gasteiger partial charge >= 0.3 is 0 Å². The SMILES string of the molecule is N#Cc1cccc(Nc2cnnc(N3CCCCCC3)n2)c1. The van der Waals surface area contributed by atoms with Crippen molar-refractivity contribution in [2.75, 3.05) is 23.3 Å². The molecule has 0 saturated carbocycles. The second kappa shape index (κ2) is 6.85. The smallest absolute Gasteiger partial charge is 0.247 e. The Balaban J connectivity index is 1.77. The summed E-state index contributed by atoms with van der Waals surface area (Å²) in [6.45, 7) is 1.96. The number of anilines is 3. The van der Waals surface area contributed by atoms with Crippen LogP contribution in [0, 0.1) is 11.3 Å². The molecule has 0 amide bonds. The average Bonchev–Trinajstić information content (AvgIpc) is 2.84. The van der Waals surface area contributed by atoms with Crippen molar-refractivity contribution in [2.45, 2.75) is 25.7 Å². The van der Waals surface area contributed by atoms with Crippen LogP contribution in [-0.2, 0) is 0 Å². The first-order chi connectivity index (χ1) is 10.8. The summed E-state index contributed by atoms with van der Waals surface area (Å²) in [5.74, 6) is 1.31. The minimum absolute atomic E-state index is 0.611. The quantitative estimate of drug-likeness (QED) is 0.938. The molecule has 112 valence electrons. The zero-order chi connectivity index (χ0) is 15.2. The first-order valence-corrected chi connectivity index (χ1v) is 7.57. The van der Waals surface area contributed by atoms with Gasteiger partial charge in [0.1, 0.15) is 0 Å². The number of aromatic nitrogens is 3. The van der Waals surface area contributed by atoms with Crippen LogP contribution in [0.1, 0.15) is 31.2 Å². The lowest BCUT2D eigenvalue weighted by Crippen LogP contribution is -2.26. The van der Waals surface area contributed by atoms with E-state index in [0.29, 0.717) is 17.3 Å². The van der Waals surface area contributed by atoms with Crippen molar-refractivity contribution in [2.24, 2.45) is 0 Å². The van der Waals surface area contributed by atoms with Gasteiger partial charge in [0.2, 0.25) is 5.95 Å². The highest BCUT2D eigenvalue weighted by Crippen LogP contribution is 2.19. The Morgan fingerprint density at radius 2 is 1.95 bits per heavy atom. The van der Waals surface area contributed by atoms with Gasteiger partial charge in [-0.3, -0.25) is 0 Å². The van der Waals surface area contributed by atoms with Crippen LogP contribution in [0.3, 0.4) is 0 Å². The molecule has 0 spiro atoms. The van der Waals surface area contributed by atoms with Gasteiger partial charge in [0.25, 0.3) is 0 Å². The van der Waals surface area contributed by atoms with Gasteiger partial charge in [-0.2, -0.15) is 15.3 Å². The van der Waals surface area contributed by atoms with E-state index in [1.807, 2.05) is 12.1 Å². The first-order valence-electron chi connectivity index (χ1n) is 7.57. The molecule has 22 heavy (non-hydrogen) atoms. The molecule has 0 unspecified atom stereocenters. The monoisotopic (exact) mass is 294 g/mol. The van der Waals surface area contributed by atoms with E-state index < -0.39 is 0 Å². The van der Waals surface area contributed by atoms with E-state index >= 15 is 0 Å². The van der Waals surface area contributed by atoms with Crippen molar-refractivity contribution >= 4 is 17.5 Å². The number of rotatable bonds is 3. The predicted octanol–water partition coefficient (Wildman–Crippen LogP) is 2.87. The number of hydrogen-bond acceptors (Lipinski definition) is 6. The standard InChI is InChI=1S/C16H18N6/c17-11-13-6-5-7-14(10-13)19-15-12-18-21-16(20-15)22-8-3-1-2-4-9-22/h5-7,10,12H,1-4,8-9H2,(H,19,20,21). The van der Waals surface area contributed by atoms with Gasteiger partial charge in [-0.25, -0.2) is 0 Å². The zero-order valence-corrected chi connectivity index (χ0v) is 12.4. The molecule has 6 heteroatoms. The molecular formula is C16H18N6. The van der Waals surface area contributed by atoms with E-state index in [2.05, 4.69) is 31.5 Å². The normalized spacial score (nSPS) is 15.0. The molecule has 1 aromatic heterocycles. The van der Waals surface area contributed by atoms with Gasteiger partial charge in [0.05, 0.1) is 17.8 Å². The predicted molar refractivity (Wildman–Crippen MR) is 84.9 cm³/mol. The number of nitrogens with one attached hydrogen (secondary N) is 1. The highest BCUT2D eigenvalue weighted by molar-refractivity contribution is 5.58. The van der Waals surface area contributed by atoms with Crippen molar-refractivity contribution in [3.63, 3.8) is 0 Å². The molecule has 2 heterocycles. The molecule has 0 atom stereocenters. The fraction of sp³-hybridized carbons (Fsp3) is 0.375. The molecule has 1 aliphatic heterocycles. The summed E-state index contributed by atoms with van der Waals surface area (Å²) >= 11 is 0. The van der Waals surface area contributed by atoms with Crippen molar-refractivity contribution < 1.29 is 0 Å². The maximum absolute atomic E-state index is 8.95. The molecule has 2 aromatic rings. The Labute approximate surface area is 129 Å². The van der Waals surface area contributed by atoms with Crippen LogP contribution in [0.15, 0.2) is 30.5 Å². The second-order valence-electron chi connectivity index (χ2n) is 5.36. The van der Waals surface area contributed by atoms with E-state index in [1.165, 1.54) is 25.7 Å². The fourth-order valence-corrected chi connectivity index (χ4v) is 2.57. The van der Waals surface area contributed by atoms with Gasteiger partial charge in [-0.1, -0.05) is 18.9 Å². The van der Waals surface area contributed by atoms with Gasteiger partial charge in [-0.05, 0) is 31.0 Å². The lowest BCUT2D eigenvalue weighted by molar-refractivity contribution is 0.726. The first kappa shape index (κ1) is 14.3. The van der Waals surface area contributed by atoms with Crippen LogP contribution in [0.2, 0.25) is 0 Å². The van der Waals surface area contributed by atoms with Crippen LogP contribution < -0.4 is 10.2 Å². The molecule has 3 rings (SSSR count). The summed E-state index contributed by atoms with van der Waals surface area (Å²) < 4.78 is 0. The second-order valence-corrected chi connectivity index (χ2v) is 5.36. The molecule has 6 nitrogen and oxygen atoms in total. The summed E-state index contributed by atoms with van der Waals surface area (Å²) in [5, 5.41) is 20.3. The van der Waals surface area contributed by atoms with Crippen LogP contribution in [0.4, 0.5) is 17.5 Å². The molecule has 1 N–H and O–H groups in total. The molecule has 0 aliphatic carbocycles. The Bertz CT molecular complexity index is 670. The summed E-state index contributed by atoms with van der Waals surface area (Å²) in [6.07, 6.45) is 6.47. The van der Waals surface area contributed by atoms with Gasteiger partial charge < -0.3 is 10.2 Å². The Morgan fingerprint density at radius 3 is 2.73 bits per heavy atom. The van der Waals surface area contributed by atoms with Crippen LogP contribution >= 0.6 is 0 Å². The van der Waals surface area contributed by atoms with Gasteiger partial charge in [0.15, 0.2) is 5.82 Å². The lowest BCUT2D eigenvalue weighted by atomic mass is 10.2. The van der Waals surface area contributed by atoms with Crippen molar-refractivity contribution in [1.82, 2.24) is 15.2 Å². The number of hydrogen-bond donors (Lipinski definition) is 1. The minimum Gasteiger partial charge on any atom is -0.339 e. The molecule has 0 radical (unpaired) electrons. The fourth-order valence-electron chi connectivity index (χ4n) is 2.57. The van der Waals surface area contributed by atoms with E-state index in [9.17, 15) is 0 Å². The molecule has 1 saturated heterocycles. The largest absolute Gasteiger partial charge is 0.339 e. The van der Waals surface area contributed by atoms with Crippen molar-refractivity contribution in [3.8, 4) is 6.07 Å². The average molecular weight is 294 g/mol. The highest BCUT2D eigenvalue weighted by Gasteiger charge is 2.13. The van der Waals surface area contributed by atoms with Crippen LogP contribution in [0.25, 0.3) is 0 Å². The van der Waals surface area contributed by atoms with E-state index in [-0.39, 0.29) is 0 Å². The van der Waals surface area contributed by atoms with Crippen LogP contribution in [0.5, 0.6) is 0 Å². The summed E-state index contributed by atoms with van der Waals surface area (Å²) in [7, 11) is 0. The Morgan fingerprint density at radius 1 is 1.14 bits per heavy atom. The zero-order valence-electron chi connectivity index (χ0n) is 12.4. The van der Waals surface area contributed by atoms with E-state index in [1.54, 1.807) is 18.3 Å². The number of benzene rings is 1. The minimum atomic E-state index is 0.611. The lowest BCUT2D eigenvalue weighted by Gasteiger charge is -2.19. The Hall–Kier alpha value is -2.68. The maximum atomic E-state index is 8.95. The molecular weight excluding hydrogens is 276 g/mol. The van der Waals surface area contributed by atoms with Gasteiger partial charge in [0, 0.05) is 18.8 Å². The van der Waals surface area contributed by atoms with Crippen molar-refractivity contribution in [3.05, 3.63) is 36.0 Å². The summed E-state index contributed by atoms with van der Waals surface area (Å²) in [4.78, 5) is 6.74. The number of nitrogens with zero attached hydrogens (tertiary/aromatic N) is 5. The molecule has 0 bridgehead atoms. The highest BCUT2D eigenvalue weighted by atomic mass is 15.3. The molecule has 1 aromatic carbocycles. The topological polar surface area (TPSA) is 77.7 Å². The Kier molecular flexibility index (Phi) is 4.44. The number of nitriles is 1. The third-order valence-corrected chi connectivity index (χ3v) is 3.70. The third kappa shape index (κ3) is 3.50.